The fourth-order valence-corrected chi connectivity index (χ4v) is 4.92. The van der Waals surface area contributed by atoms with E-state index in [1.54, 1.807) is 24.3 Å². The minimum absolute atomic E-state index is 0.216. The molecule has 0 fully saturated rings. The summed E-state index contributed by atoms with van der Waals surface area (Å²) in [6.07, 6.45) is 4.43. The number of ether oxygens (including phenoxy) is 1. The van der Waals surface area contributed by atoms with E-state index in [-0.39, 0.29) is 18.5 Å². The fourth-order valence-electron chi connectivity index (χ4n) is 4.07. The van der Waals surface area contributed by atoms with Gasteiger partial charge in [0, 0.05) is 0 Å². The molecular formula is C26H28N2O4S. The van der Waals surface area contributed by atoms with Gasteiger partial charge in [-0.3, -0.25) is 9.10 Å². The minimum atomic E-state index is -3.66. The Labute approximate surface area is 195 Å². The van der Waals surface area contributed by atoms with Crippen molar-refractivity contribution in [2.45, 2.75) is 32.2 Å². The van der Waals surface area contributed by atoms with Crippen molar-refractivity contribution in [1.29, 1.82) is 0 Å². The van der Waals surface area contributed by atoms with E-state index in [9.17, 15) is 13.2 Å². The van der Waals surface area contributed by atoms with E-state index >= 15 is 0 Å². The van der Waals surface area contributed by atoms with Crippen LogP contribution >= 0.6 is 0 Å². The molecule has 0 unspecified atom stereocenters. The van der Waals surface area contributed by atoms with Crippen LogP contribution in [0.15, 0.2) is 72.8 Å². The Hall–Kier alpha value is -3.32. The molecule has 0 aliphatic heterocycles. The zero-order chi connectivity index (χ0) is 23.4. The molecule has 0 saturated carbocycles. The molecule has 6 nitrogen and oxygen atoms in total. The van der Waals surface area contributed by atoms with E-state index in [2.05, 4.69) is 17.4 Å². The number of carbonyl (C=O) groups excluding carboxylic acids is 1. The number of hydrogen-bond donors (Lipinski definition) is 1. The number of anilines is 1. The van der Waals surface area contributed by atoms with Crippen LogP contribution in [-0.4, -0.2) is 27.1 Å². The monoisotopic (exact) mass is 464 g/mol. The van der Waals surface area contributed by atoms with Crippen molar-refractivity contribution in [2.75, 3.05) is 17.1 Å². The Bertz CT molecular complexity index is 1220. The number of para-hydroxylation sites is 1. The first-order chi connectivity index (χ1) is 15.8. The van der Waals surface area contributed by atoms with Crippen LogP contribution in [0.5, 0.6) is 11.5 Å². The van der Waals surface area contributed by atoms with E-state index in [1.807, 2.05) is 43.3 Å². The summed E-state index contributed by atoms with van der Waals surface area (Å²) in [5.74, 6) is 0.899. The van der Waals surface area contributed by atoms with Gasteiger partial charge in [0.25, 0.3) is 0 Å². The Morgan fingerprint density at radius 1 is 0.970 bits per heavy atom. The number of hydrogen-bond acceptors (Lipinski definition) is 4. The third-order valence-electron chi connectivity index (χ3n) is 5.79. The summed E-state index contributed by atoms with van der Waals surface area (Å²) in [6.45, 7) is 1.61. The van der Waals surface area contributed by atoms with Crippen molar-refractivity contribution >= 4 is 21.6 Å². The van der Waals surface area contributed by atoms with Gasteiger partial charge >= 0.3 is 0 Å². The number of amides is 1. The van der Waals surface area contributed by atoms with Crippen LogP contribution in [0.1, 0.15) is 36.1 Å². The number of fused-ring (bicyclic) bond motifs is 1. The predicted octanol–water partition coefficient (Wildman–Crippen LogP) is 4.61. The van der Waals surface area contributed by atoms with Crippen molar-refractivity contribution in [3.8, 4) is 11.5 Å². The van der Waals surface area contributed by atoms with Crippen LogP contribution < -0.4 is 14.4 Å². The van der Waals surface area contributed by atoms with Gasteiger partial charge in [0.15, 0.2) is 0 Å². The predicted molar refractivity (Wildman–Crippen MR) is 130 cm³/mol. The van der Waals surface area contributed by atoms with Crippen molar-refractivity contribution < 1.29 is 17.9 Å². The lowest BCUT2D eigenvalue weighted by atomic mass is 10.0. The Balaban J connectivity index is 1.43. The Kier molecular flexibility index (Phi) is 6.70. The molecule has 3 aromatic rings. The number of carbonyl (C=O) groups is 1. The topological polar surface area (TPSA) is 75.7 Å². The van der Waals surface area contributed by atoms with Crippen molar-refractivity contribution in [3.63, 3.8) is 0 Å². The largest absolute Gasteiger partial charge is 0.457 e. The van der Waals surface area contributed by atoms with Crippen LogP contribution in [-0.2, 0) is 27.7 Å². The van der Waals surface area contributed by atoms with Crippen LogP contribution in [0.4, 0.5) is 5.69 Å². The number of nitrogens with zero attached hydrogens (tertiary/aromatic N) is 1. The quantitative estimate of drug-likeness (QED) is 0.528. The van der Waals surface area contributed by atoms with Gasteiger partial charge in [-0.1, -0.05) is 36.4 Å². The average Bonchev–Trinajstić information content (AvgIpc) is 3.26. The number of sulfonamides is 1. The number of benzene rings is 3. The van der Waals surface area contributed by atoms with Crippen LogP contribution in [0.25, 0.3) is 0 Å². The highest BCUT2D eigenvalue weighted by molar-refractivity contribution is 7.92. The third kappa shape index (κ3) is 5.73. The Morgan fingerprint density at radius 2 is 1.64 bits per heavy atom. The maximum atomic E-state index is 12.8. The molecule has 0 heterocycles. The zero-order valence-corrected chi connectivity index (χ0v) is 19.6. The molecule has 1 N–H and O–H groups in total. The summed E-state index contributed by atoms with van der Waals surface area (Å²) in [4.78, 5) is 12.8. The molecule has 4 rings (SSSR count). The van der Waals surface area contributed by atoms with Crippen LogP contribution in [0, 0.1) is 0 Å². The van der Waals surface area contributed by atoms with Crippen molar-refractivity contribution in [3.05, 3.63) is 89.5 Å². The average molecular weight is 465 g/mol. The number of nitrogens with one attached hydrogen (secondary N) is 1. The molecule has 172 valence electrons. The van der Waals surface area contributed by atoms with E-state index in [4.69, 9.17) is 4.74 Å². The maximum Gasteiger partial charge on any atom is 0.241 e. The first-order valence-corrected chi connectivity index (χ1v) is 12.9. The van der Waals surface area contributed by atoms with Gasteiger partial charge in [0.05, 0.1) is 18.0 Å². The van der Waals surface area contributed by atoms with E-state index in [0.717, 1.165) is 35.4 Å². The molecule has 7 heteroatoms. The minimum Gasteiger partial charge on any atom is -0.457 e. The number of aryl methyl sites for hydroxylation is 2. The molecule has 0 bridgehead atoms. The molecule has 1 atom stereocenters. The third-order valence-corrected chi connectivity index (χ3v) is 6.93. The Morgan fingerprint density at radius 3 is 2.33 bits per heavy atom. The van der Waals surface area contributed by atoms with Gasteiger partial charge in [0.1, 0.15) is 18.0 Å². The second-order valence-corrected chi connectivity index (χ2v) is 10.3. The number of rotatable bonds is 8. The molecule has 1 aliphatic rings. The molecule has 1 aliphatic carbocycles. The van der Waals surface area contributed by atoms with Gasteiger partial charge in [0.2, 0.25) is 15.9 Å². The van der Waals surface area contributed by atoms with Crippen molar-refractivity contribution in [2.24, 2.45) is 0 Å². The van der Waals surface area contributed by atoms with Crippen LogP contribution in [0.2, 0.25) is 0 Å². The summed E-state index contributed by atoms with van der Waals surface area (Å²) < 4.78 is 31.8. The summed E-state index contributed by atoms with van der Waals surface area (Å²) in [6, 6.07) is 22.1. The molecule has 0 spiro atoms. The zero-order valence-electron chi connectivity index (χ0n) is 18.8. The lowest BCUT2D eigenvalue weighted by molar-refractivity contribution is -0.120. The molecular weight excluding hydrogens is 436 g/mol. The molecule has 0 aromatic heterocycles. The second-order valence-electron chi connectivity index (χ2n) is 8.35. The first kappa shape index (κ1) is 22.9. The van der Waals surface area contributed by atoms with Gasteiger partial charge < -0.3 is 10.1 Å². The molecule has 1 amide bonds. The summed E-state index contributed by atoms with van der Waals surface area (Å²) in [5, 5.41) is 2.93. The van der Waals surface area contributed by atoms with Crippen molar-refractivity contribution in [1.82, 2.24) is 5.32 Å². The fraction of sp³-hybridized carbons (Fsp3) is 0.269. The molecule has 0 saturated heterocycles. The van der Waals surface area contributed by atoms with Gasteiger partial charge in [-0.05, 0) is 79.3 Å². The van der Waals surface area contributed by atoms with E-state index < -0.39 is 10.0 Å². The SMILES string of the molecule is C[C@H](NC(=O)CN(c1ccc(Oc2ccccc2)cc1)S(C)(=O)=O)c1ccc2c(c1)CCC2. The van der Waals surface area contributed by atoms with E-state index in [1.165, 1.54) is 11.1 Å². The summed E-state index contributed by atoms with van der Waals surface area (Å²) >= 11 is 0. The molecule has 0 radical (unpaired) electrons. The smallest absolute Gasteiger partial charge is 0.241 e. The molecule has 3 aromatic carbocycles. The first-order valence-electron chi connectivity index (χ1n) is 11.0. The second kappa shape index (κ2) is 9.67. The highest BCUT2D eigenvalue weighted by Gasteiger charge is 2.22. The highest BCUT2D eigenvalue weighted by atomic mass is 32.2. The van der Waals surface area contributed by atoms with Crippen LogP contribution in [0.3, 0.4) is 0 Å². The van der Waals surface area contributed by atoms with Gasteiger partial charge in [-0.25, -0.2) is 8.42 Å². The van der Waals surface area contributed by atoms with E-state index in [0.29, 0.717) is 17.2 Å². The lowest BCUT2D eigenvalue weighted by Crippen LogP contribution is -2.41. The lowest BCUT2D eigenvalue weighted by Gasteiger charge is -2.23. The standard InChI is InChI=1S/C26H28N2O4S/c1-19(21-12-11-20-7-6-8-22(20)17-21)27-26(29)18-28(33(2,30)31)23-13-15-25(16-14-23)32-24-9-4-3-5-10-24/h3-5,9-17,19H,6-8,18H2,1-2H3,(H,27,29)/t19-/m0/s1. The van der Waals surface area contributed by atoms with Gasteiger partial charge in [-0.2, -0.15) is 0 Å². The summed E-state index contributed by atoms with van der Waals surface area (Å²) in [7, 11) is -3.66. The molecule has 33 heavy (non-hydrogen) atoms. The summed E-state index contributed by atoms with van der Waals surface area (Å²) in [5.41, 5.74) is 4.14. The maximum absolute atomic E-state index is 12.8. The van der Waals surface area contributed by atoms with Gasteiger partial charge in [-0.15, -0.1) is 0 Å². The highest BCUT2D eigenvalue weighted by Crippen LogP contribution is 2.27. The normalized spacial score (nSPS) is 13.8.